The van der Waals surface area contributed by atoms with Gasteiger partial charge in [0.15, 0.2) is 11.5 Å². The van der Waals surface area contributed by atoms with Gasteiger partial charge in [-0.1, -0.05) is 6.07 Å². The van der Waals surface area contributed by atoms with Crippen molar-refractivity contribution in [3.63, 3.8) is 0 Å². The van der Waals surface area contributed by atoms with E-state index in [0.717, 1.165) is 62.9 Å². The Balaban J connectivity index is 1.39. The van der Waals surface area contributed by atoms with Gasteiger partial charge in [0.2, 0.25) is 0 Å². The molecule has 6 rings (SSSR count). The molecule has 29 heavy (non-hydrogen) atoms. The van der Waals surface area contributed by atoms with Crippen LogP contribution in [0.2, 0.25) is 0 Å². The number of benzene rings is 2. The normalized spacial score (nSPS) is 20.3. The Morgan fingerprint density at radius 1 is 0.897 bits per heavy atom. The fraction of sp³-hybridized carbons (Fsp3) is 0.500. The molecule has 0 aromatic heterocycles. The van der Waals surface area contributed by atoms with Gasteiger partial charge in [0, 0.05) is 6.54 Å². The van der Waals surface area contributed by atoms with Crippen molar-refractivity contribution in [3.8, 4) is 17.2 Å². The van der Waals surface area contributed by atoms with Crippen molar-refractivity contribution in [1.29, 1.82) is 0 Å². The zero-order chi connectivity index (χ0) is 19.2. The van der Waals surface area contributed by atoms with Crippen molar-refractivity contribution in [2.24, 2.45) is 0 Å². The van der Waals surface area contributed by atoms with Crippen LogP contribution >= 0.6 is 0 Å². The topological polar surface area (TPSA) is 43.0 Å². The average molecular weight is 392 g/mol. The minimum atomic E-state index is 0.628. The molecule has 0 bridgehead atoms. The van der Waals surface area contributed by atoms with Gasteiger partial charge in [-0.05, 0) is 85.1 Å². The summed E-state index contributed by atoms with van der Waals surface area (Å²) in [6.45, 7) is 5.96. The molecule has 1 aliphatic carbocycles. The summed E-state index contributed by atoms with van der Waals surface area (Å²) in [5, 5.41) is 3.57. The highest BCUT2D eigenvalue weighted by atomic mass is 16.6. The van der Waals surface area contributed by atoms with E-state index in [1.807, 2.05) is 0 Å². The first-order valence-electron chi connectivity index (χ1n) is 11.0. The number of ether oxygens (including phenoxy) is 3. The largest absolute Gasteiger partial charge is 0.490 e. The molecule has 152 valence electrons. The van der Waals surface area contributed by atoms with Crippen molar-refractivity contribution in [2.75, 3.05) is 44.4 Å². The Labute approximate surface area is 171 Å². The Morgan fingerprint density at radius 3 is 2.62 bits per heavy atom. The first-order chi connectivity index (χ1) is 14.4. The van der Waals surface area contributed by atoms with E-state index < -0.39 is 0 Å². The monoisotopic (exact) mass is 392 g/mol. The quantitative estimate of drug-likeness (QED) is 0.867. The summed E-state index contributed by atoms with van der Waals surface area (Å²) in [7, 11) is 0. The standard InChI is InChI=1S/C24H28N2O3/c1-4-20-21(29-12-11-28-20)13-16(1)15-26-9-10-27-22-14-18-5-7-25-8-6-19(18)23(24(22)26)17-2-3-17/h1,4,13-14,17,25H,2-3,5-12,15H2. The lowest BCUT2D eigenvalue weighted by Crippen LogP contribution is -2.33. The molecular weight excluding hydrogens is 364 g/mol. The number of nitrogens with zero attached hydrogens (tertiary/aromatic N) is 1. The van der Waals surface area contributed by atoms with Crippen molar-refractivity contribution in [2.45, 2.75) is 38.1 Å². The van der Waals surface area contributed by atoms with Crippen molar-refractivity contribution in [1.82, 2.24) is 5.32 Å². The molecule has 5 heteroatoms. The van der Waals surface area contributed by atoms with Crippen molar-refractivity contribution >= 4 is 5.69 Å². The highest BCUT2D eigenvalue weighted by Gasteiger charge is 2.35. The van der Waals surface area contributed by atoms with Crippen LogP contribution in [0.5, 0.6) is 17.2 Å². The molecule has 0 atom stereocenters. The predicted octanol–water partition coefficient (Wildman–Crippen LogP) is 3.42. The molecule has 0 spiro atoms. The van der Waals surface area contributed by atoms with E-state index in [1.54, 1.807) is 11.1 Å². The van der Waals surface area contributed by atoms with Gasteiger partial charge >= 0.3 is 0 Å². The fourth-order valence-electron chi connectivity index (χ4n) is 5.03. The van der Waals surface area contributed by atoms with Gasteiger partial charge in [0.1, 0.15) is 25.6 Å². The molecule has 1 saturated carbocycles. The second-order valence-electron chi connectivity index (χ2n) is 8.55. The van der Waals surface area contributed by atoms with Crippen LogP contribution in [0, 0.1) is 0 Å². The predicted molar refractivity (Wildman–Crippen MR) is 113 cm³/mol. The maximum atomic E-state index is 6.20. The summed E-state index contributed by atoms with van der Waals surface area (Å²) < 4.78 is 17.7. The Bertz CT molecular complexity index is 938. The van der Waals surface area contributed by atoms with E-state index >= 15 is 0 Å². The number of rotatable bonds is 3. The lowest BCUT2D eigenvalue weighted by atomic mass is 9.91. The molecular formula is C24H28N2O3. The smallest absolute Gasteiger partial charge is 0.161 e. The van der Waals surface area contributed by atoms with E-state index in [4.69, 9.17) is 14.2 Å². The van der Waals surface area contributed by atoms with Gasteiger partial charge in [0.25, 0.3) is 0 Å². The molecule has 0 amide bonds. The van der Waals surface area contributed by atoms with E-state index in [9.17, 15) is 0 Å². The third-order valence-corrected chi connectivity index (χ3v) is 6.53. The first-order valence-corrected chi connectivity index (χ1v) is 11.0. The molecule has 0 saturated heterocycles. The maximum Gasteiger partial charge on any atom is 0.161 e. The first kappa shape index (κ1) is 17.5. The van der Waals surface area contributed by atoms with Crippen molar-refractivity contribution in [3.05, 3.63) is 46.5 Å². The highest BCUT2D eigenvalue weighted by Crippen LogP contribution is 2.52. The van der Waals surface area contributed by atoms with E-state index in [-0.39, 0.29) is 0 Å². The molecule has 2 aromatic carbocycles. The van der Waals surface area contributed by atoms with Gasteiger partial charge in [-0.15, -0.1) is 0 Å². The number of hydrogen-bond acceptors (Lipinski definition) is 5. The van der Waals surface area contributed by atoms with Gasteiger partial charge in [-0.25, -0.2) is 0 Å². The number of fused-ring (bicyclic) bond motifs is 3. The summed E-state index contributed by atoms with van der Waals surface area (Å²) in [6, 6.07) is 8.70. The van der Waals surface area contributed by atoms with Gasteiger partial charge in [-0.3, -0.25) is 0 Å². The minimum Gasteiger partial charge on any atom is -0.490 e. The summed E-state index contributed by atoms with van der Waals surface area (Å²) in [5.74, 6) is 3.54. The van der Waals surface area contributed by atoms with Crippen LogP contribution in [0.1, 0.15) is 41.0 Å². The van der Waals surface area contributed by atoms with Gasteiger partial charge < -0.3 is 24.4 Å². The molecule has 0 unspecified atom stereocenters. The van der Waals surface area contributed by atoms with Crippen LogP contribution in [0.4, 0.5) is 5.69 Å². The second kappa shape index (κ2) is 7.13. The van der Waals surface area contributed by atoms with Crippen LogP contribution in [0.3, 0.4) is 0 Å². The Morgan fingerprint density at radius 2 is 1.72 bits per heavy atom. The summed E-state index contributed by atoms with van der Waals surface area (Å²) >= 11 is 0. The van der Waals surface area contributed by atoms with E-state index in [2.05, 4.69) is 34.5 Å². The second-order valence-corrected chi connectivity index (χ2v) is 8.55. The summed E-state index contributed by atoms with van der Waals surface area (Å²) in [5.41, 5.74) is 7.29. The van der Waals surface area contributed by atoms with Crippen LogP contribution in [0.15, 0.2) is 24.3 Å². The number of anilines is 1. The van der Waals surface area contributed by atoms with Crippen LogP contribution in [-0.2, 0) is 19.4 Å². The Hall–Kier alpha value is -2.40. The van der Waals surface area contributed by atoms with Crippen LogP contribution in [-0.4, -0.2) is 39.5 Å². The van der Waals surface area contributed by atoms with E-state index in [0.29, 0.717) is 19.1 Å². The lowest BCUT2D eigenvalue weighted by Gasteiger charge is -2.35. The Kier molecular flexibility index (Phi) is 4.29. The summed E-state index contributed by atoms with van der Waals surface area (Å²) in [6.07, 6.45) is 4.86. The summed E-state index contributed by atoms with van der Waals surface area (Å²) in [4.78, 5) is 2.54. The minimum absolute atomic E-state index is 0.628. The van der Waals surface area contributed by atoms with Gasteiger partial charge in [-0.2, -0.15) is 0 Å². The van der Waals surface area contributed by atoms with Crippen LogP contribution in [0.25, 0.3) is 0 Å². The van der Waals surface area contributed by atoms with E-state index in [1.165, 1.54) is 29.7 Å². The molecule has 1 N–H and O–H groups in total. The zero-order valence-corrected chi connectivity index (χ0v) is 16.8. The van der Waals surface area contributed by atoms with Crippen LogP contribution < -0.4 is 24.4 Å². The average Bonchev–Trinajstić information content (AvgIpc) is 3.60. The lowest BCUT2D eigenvalue weighted by molar-refractivity contribution is 0.171. The maximum absolute atomic E-state index is 6.20. The molecule has 3 aliphatic heterocycles. The third-order valence-electron chi connectivity index (χ3n) is 6.53. The molecule has 2 aromatic rings. The number of hydrogen-bond donors (Lipinski definition) is 1. The molecule has 3 heterocycles. The molecule has 5 nitrogen and oxygen atoms in total. The fourth-order valence-corrected chi connectivity index (χ4v) is 5.03. The highest BCUT2D eigenvalue weighted by molar-refractivity contribution is 5.71. The SMILES string of the molecule is c1cc2c(cc1CN1CCOc3cc4c(c(C5CC5)c31)CCNCC4)OCCO2. The van der Waals surface area contributed by atoms with Gasteiger partial charge in [0.05, 0.1) is 12.2 Å². The zero-order valence-electron chi connectivity index (χ0n) is 16.8. The third kappa shape index (κ3) is 3.21. The molecule has 4 aliphatic rings. The number of nitrogens with one attached hydrogen (secondary N) is 1. The molecule has 1 fully saturated rings. The molecule has 0 radical (unpaired) electrons. The van der Waals surface area contributed by atoms with Crippen molar-refractivity contribution < 1.29 is 14.2 Å².